The third-order valence-corrected chi connectivity index (χ3v) is 3.01. The summed E-state index contributed by atoms with van der Waals surface area (Å²) in [4.78, 5) is 19.4. The molecule has 0 saturated carbocycles. The summed E-state index contributed by atoms with van der Waals surface area (Å²) in [6.45, 7) is 0.655. The number of hydrogen-bond acceptors (Lipinski definition) is 5. The van der Waals surface area contributed by atoms with Crippen LogP contribution in [0, 0.1) is 0 Å². The number of rotatable bonds is 6. The Hall–Kier alpha value is -1.47. The van der Waals surface area contributed by atoms with E-state index in [0.717, 1.165) is 6.42 Å². The maximum atomic E-state index is 11.7. The van der Waals surface area contributed by atoms with Gasteiger partial charge in [-0.1, -0.05) is 0 Å². The molecule has 1 atom stereocenters. The van der Waals surface area contributed by atoms with Crippen molar-refractivity contribution in [3.8, 4) is 0 Å². The number of carbonyl (C=O) groups excluding carboxylic acids is 1. The molecule has 0 saturated heterocycles. The van der Waals surface area contributed by atoms with Gasteiger partial charge >= 0.3 is 0 Å². The molecule has 1 aromatic heterocycles. The molecular weight excluding hydrogens is 238 g/mol. The normalized spacial score (nSPS) is 13.4. The first-order valence-corrected chi connectivity index (χ1v) is 6.18. The molecule has 0 aliphatic carbocycles. The van der Waals surface area contributed by atoms with Crippen molar-refractivity contribution >= 4 is 23.1 Å². The van der Waals surface area contributed by atoms with Crippen molar-refractivity contribution in [2.75, 3.05) is 13.6 Å². The van der Waals surface area contributed by atoms with Crippen LogP contribution in [0.25, 0.3) is 0 Å². The molecule has 17 heavy (non-hydrogen) atoms. The molecule has 0 fully saturated rings. The number of nitrogens with one attached hydrogen (secondary N) is 1. The van der Waals surface area contributed by atoms with Gasteiger partial charge < -0.3 is 16.8 Å². The van der Waals surface area contributed by atoms with Crippen molar-refractivity contribution in [1.82, 2.24) is 10.3 Å². The number of nitrogens with two attached hydrogens (primary N) is 2. The summed E-state index contributed by atoms with van der Waals surface area (Å²) >= 11 is 1.31. The van der Waals surface area contributed by atoms with Crippen molar-refractivity contribution in [1.29, 1.82) is 0 Å². The zero-order chi connectivity index (χ0) is 12.7. The molecule has 7 heteroatoms. The highest BCUT2D eigenvalue weighted by Gasteiger charge is 2.17. The molecule has 94 valence electrons. The Bertz CT molecular complexity index is 376. The van der Waals surface area contributed by atoms with Gasteiger partial charge in [0.25, 0.3) is 0 Å². The highest BCUT2D eigenvalue weighted by molar-refractivity contribution is 7.11. The van der Waals surface area contributed by atoms with Crippen LogP contribution in [0.2, 0.25) is 0 Å². The first kappa shape index (κ1) is 13.6. The van der Waals surface area contributed by atoms with E-state index >= 15 is 0 Å². The summed E-state index contributed by atoms with van der Waals surface area (Å²) in [7, 11) is 1.61. The SMILES string of the molecule is CN=C(N)NCCC[C@H](N)C(=O)c1nccs1. The van der Waals surface area contributed by atoms with E-state index in [-0.39, 0.29) is 5.78 Å². The second-order valence-corrected chi connectivity index (χ2v) is 4.38. The molecule has 1 aromatic rings. The lowest BCUT2D eigenvalue weighted by atomic mass is 10.1. The van der Waals surface area contributed by atoms with Crippen LogP contribution in [0.3, 0.4) is 0 Å². The van der Waals surface area contributed by atoms with Gasteiger partial charge in [0.1, 0.15) is 0 Å². The largest absolute Gasteiger partial charge is 0.370 e. The molecule has 0 unspecified atom stereocenters. The minimum absolute atomic E-state index is 0.0999. The number of aromatic nitrogens is 1. The Morgan fingerprint density at radius 2 is 2.47 bits per heavy atom. The number of hydrogen-bond donors (Lipinski definition) is 3. The number of ketones is 1. The van der Waals surface area contributed by atoms with Gasteiger partial charge in [0.05, 0.1) is 6.04 Å². The number of aliphatic imine (C=N–C) groups is 1. The first-order valence-electron chi connectivity index (χ1n) is 5.30. The van der Waals surface area contributed by atoms with Crippen molar-refractivity contribution in [3.05, 3.63) is 16.6 Å². The summed E-state index contributed by atoms with van der Waals surface area (Å²) < 4.78 is 0. The van der Waals surface area contributed by atoms with Crippen LogP contribution < -0.4 is 16.8 Å². The lowest BCUT2D eigenvalue weighted by Gasteiger charge is -2.09. The van der Waals surface area contributed by atoms with E-state index in [0.29, 0.717) is 23.9 Å². The van der Waals surface area contributed by atoms with Crippen molar-refractivity contribution in [3.63, 3.8) is 0 Å². The van der Waals surface area contributed by atoms with Gasteiger partial charge in [0.15, 0.2) is 11.0 Å². The zero-order valence-electron chi connectivity index (χ0n) is 9.72. The van der Waals surface area contributed by atoms with Gasteiger partial charge in [-0.3, -0.25) is 9.79 Å². The second-order valence-electron chi connectivity index (χ2n) is 3.49. The molecule has 5 N–H and O–H groups in total. The predicted octanol–water partition coefficient (Wildman–Crippen LogP) is -0.0326. The van der Waals surface area contributed by atoms with E-state index in [4.69, 9.17) is 11.5 Å². The highest BCUT2D eigenvalue weighted by Crippen LogP contribution is 2.08. The summed E-state index contributed by atoms with van der Waals surface area (Å²) in [6.07, 6.45) is 2.96. The molecule has 0 radical (unpaired) electrons. The summed E-state index contributed by atoms with van der Waals surface area (Å²) in [5.41, 5.74) is 11.2. The Labute approximate surface area is 104 Å². The lowest BCUT2D eigenvalue weighted by molar-refractivity contribution is 0.0956. The molecular formula is C10H17N5OS. The molecule has 1 heterocycles. The Balaban J connectivity index is 2.26. The van der Waals surface area contributed by atoms with E-state index in [2.05, 4.69) is 15.3 Å². The van der Waals surface area contributed by atoms with Crippen molar-refractivity contribution < 1.29 is 4.79 Å². The molecule has 0 spiro atoms. The quantitative estimate of drug-likeness (QED) is 0.286. The molecule has 6 nitrogen and oxygen atoms in total. The van der Waals surface area contributed by atoms with E-state index < -0.39 is 6.04 Å². The fraction of sp³-hybridized carbons (Fsp3) is 0.500. The molecule has 1 rings (SSSR count). The molecule has 0 aliphatic rings. The zero-order valence-corrected chi connectivity index (χ0v) is 10.5. The topological polar surface area (TPSA) is 106 Å². The third kappa shape index (κ3) is 4.49. The van der Waals surface area contributed by atoms with Crippen LogP contribution in [0.5, 0.6) is 0 Å². The minimum atomic E-state index is -0.497. The standard InChI is InChI=1S/C10H17N5OS/c1-13-10(12)15-4-2-3-7(11)8(16)9-14-5-6-17-9/h5-7H,2-4,11H2,1H3,(H3,12,13,15)/t7-/m0/s1. The minimum Gasteiger partial charge on any atom is -0.370 e. The second kappa shape index (κ2) is 6.97. The average molecular weight is 255 g/mol. The number of carbonyl (C=O) groups is 1. The maximum Gasteiger partial charge on any atom is 0.207 e. The maximum absolute atomic E-state index is 11.7. The van der Waals surface area contributed by atoms with Gasteiger partial charge in [0, 0.05) is 25.2 Å². The number of thiazole rings is 1. The van der Waals surface area contributed by atoms with Crippen LogP contribution in [0.4, 0.5) is 0 Å². The van der Waals surface area contributed by atoms with Crippen LogP contribution in [0.1, 0.15) is 22.6 Å². The van der Waals surface area contributed by atoms with E-state index in [9.17, 15) is 4.79 Å². The van der Waals surface area contributed by atoms with Gasteiger partial charge in [-0.2, -0.15) is 0 Å². The van der Waals surface area contributed by atoms with E-state index in [1.54, 1.807) is 18.6 Å². The smallest absolute Gasteiger partial charge is 0.207 e. The number of guanidine groups is 1. The first-order chi connectivity index (χ1) is 8.15. The summed E-state index contributed by atoms with van der Waals surface area (Å²) in [6, 6.07) is -0.497. The lowest BCUT2D eigenvalue weighted by Crippen LogP contribution is -2.34. The van der Waals surface area contributed by atoms with E-state index in [1.165, 1.54) is 11.3 Å². The Morgan fingerprint density at radius 3 is 3.06 bits per heavy atom. The van der Waals surface area contributed by atoms with Crippen LogP contribution in [-0.2, 0) is 0 Å². The Kier molecular flexibility index (Phi) is 5.58. The summed E-state index contributed by atoms with van der Waals surface area (Å²) in [5, 5.41) is 5.15. The van der Waals surface area contributed by atoms with Crippen molar-refractivity contribution in [2.45, 2.75) is 18.9 Å². The van der Waals surface area contributed by atoms with Crippen LogP contribution >= 0.6 is 11.3 Å². The monoisotopic (exact) mass is 255 g/mol. The molecule has 0 aromatic carbocycles. The number of Topliss-reactive ketones (excluding diaryl/α,β-unsaturated/α-hetero) is 1. The molecule has 0 bridgehead atoms. The van der Waals surface area contributed by atoms with Crippen LogP contribution in [-0.4, -0.2) is 36.4 Å². The van der Waals surface area contributed by atoms with Gasteiger partial charge in [0.2, 0.25) is 5.78 Å². The highest BCUT2D eigenvalue weighted by atomic mass is 32.1. The summed E-state index contributed by atoms with van der Waals surface area (Å²) in [5.74, 6) is 0.293. The molecule has 0 aliphatic heterocycles. The number of nitrogens with zero attached hydrogens (tertiary/aromatic N) is 2. The van der Waals surface area contributed by atoms with Gasteiger partial charge in [-0.25, -0.2) is 4.98 Å². The predicted molar refractivity (Wildman–Crippen MR) is 69.2 cm³/mol. The van der Waals surface area contributed by atoms with Gasteiger partial charge in [-0.05, 0) is 12.8 Å². The van der Waals surface area contributed by atoms with E-state index in [1.807, 2.05) is 0 Å². The Morgan fingerprint density at radius 1 is 1.71 bits per heavy atom. The van der Waals surface area contributed by atoms with Crippen molar-refractivity contribution in [2.24, 2.45) is 16.5 Å². The van der Waals surface area contributed by atoms with Gasteiger partial charge in [-0.15, -0.1) is 11.3 Å². The average Bonchev–Trinajstić information content (AvgIpc) is 2.86. The fourth-order valence-corrected chi connectivity index (χ4v) is 1.89. The third-order valence-electron chi connectivity index (χ3n) is 2.22. The van der Waals surface area contributed by atoms with Crippen LogP contribution in [0.15, 0.2) is 16.6 Å². The fourth-order valence-electron chi connectivity index (χ4n) is 1.25. The molecule has 0 amide bonds.